The van der Waals surface area contributed by atoms with Crippen LogP contribution < -0.4 is 10.1 Å². The van der Waals surface area contributed by atoms with E-state index in [-0.39, 0.29) is 12.4 Å². The Balaban J connectivity index is 2.01. The molecule has 0 saturated carbocycles. The van der Waals surface area contributed by atoms with E-state index in [0.29, 0.717) is 17.1 Å². The van der Waals surface area contributed by atoms with Gasteiger partial charge in [0.1, 0.15) is 15.8 Å². The average Bonchev–Trinajstić information content (AvgIpc) is 2.44. The van der Waals surface area contributed by atoms with Crippen molar-refractivity contribution in [3.63, 3.8) is 0 Å². The fraction of sp³-hybridized carbons (Fsp3) is 0.308. The lowest BCUT2D eigenvalue weighted by Crippen LogP contribution is -2.15. The number of aryl methyl sites for hydroxylation is 1. The maximum absolute atomic E-state index is 12.1. The molecule has 0 aliphatic heterocycles. The summed E-state index contributed by atoms with van der Waals surface area (Å²) >= 11 is 2.05. The number of ether oxygens (including phenoxy) is 1. The van der Waals surface area contributed by atoms with Gasteiger partial charge in [0.05, 0.1) is 6.10 Å². The smallest absolute Gasteiger partial charge is 0.388 e. The van der Waals surface area contributed by atoms with E-state index < -0.39 is 12.7 Å². The molecule has 22 heavy (non-hydrogen) atoms. The number of hydrogen-bond donors (Lipinski definition) is 2. The summed E-state index contributed by atoms with van der Waals surface area (Å²) in [4.78, 5) is 11.9. The first kappa shape index (κ1) is 16.7. The van der Waals surface area contributed by atoms with Crippen LogP contribution in [0.15, 0.2) is 24.5 Å². The molecule has 118 valence electrons. The number of anilines is 1. The lowest BCUT2D eigenvalue weighted by atomic mass is 10.1. The maximum Gasteiger partial charge on any atom is 0.388 e. The molecule has 0 spiro atoms. The SMILES string of the molecule is Cc1nc(OC(F)F)ccc1C(O)CNc1cc(I)ncn1. The average molecular weight is 422 g/mol. The van der Waals surface area contributed by atoms with Crippen LogP contribution in [0.25, 0.3) is 0 Å². The first-order valence-electron chi connectivity index (χ1n) is 6.27. The number of hydrogen-bond acceptors (Lipinski definition) is 6. The second-order valence-electron chi connectivity index (χ2n) is 4.33. The maximum atomic E-state index is 12.1. The summed E-state index contributed by atoms with van der Waals surface area (Å²) in [5.74, 6) is 0.406. The number of aromatic nitrogens is 3. The highest BCUT2D eigenvalue weighted by molar-refractivity contribution is 14.1. The fourth-order valence-corrected chi connectivity index (χ4v) is 2.22. The van der Waals surface area contributed by atoms with E-state index in [0.717, 1.165) is 3.70 Å². The highest BCUT2D eigenvalue weighted by Crippen LogP contribution is 2.21. The highest BCUT2D eigenvalue weighted by Gasteiger charge is 2.14. The minimum Gasteiger partial charge on any atom is -0.417 e. The van der Waals surface area contributed by atoms with Gasteiger partial charge in [-0.15, -0.1) is 0 Å². The summed E-state index contributed by atoms with van der Waals surface area (Å²) < 4.78 is 29.2. The van der Waals surface area contributed by atoms with E-state index in [1.54, 1.807) is 13.0 Å². The van der Waals surface area contributed by atoms with Crippen molar-refractivity contribution >= 4 is 28.4 Å². The zero-order valence-corrected chi connectivity index (χ0v) is 13.7. The number of nitrogens with zero attached hydrogens (tertiary/aromatic N) is 3. The second kappa shape index (κ2) is 7.58. The molecule has 0 aliphatic rings. The van der Waals surface area contributed by atoms with E-state index in [4.69, 9.17) is 0 Å². The summed E-state index contributed by atoms with van der Waals surface area (Å²) in [6.07, 6.45) is 0.556. The van der Waals surface area contributed by atoms with Crippen molar-refractivity contribution in [1.82, 2.24) is 15.0 Å². The number of nitrogens with one attached hydrogen (secondary N) is 1. The van der Waals surface area contributed by atoms with Gasteiger partial charge in [-0.1, -0.05) is 0 Å². The number of aliphatic hydroxyl groups is 1. The topological polar surface area (TPSA) is 80.2 Å². The van der Waals surface area contributed by atoms with Gasteiger partial charge in [0, 0.05) is 29.9 Å². The second-order valence-corrected chi connectivity index (χ2v) is 5.43. The zero-order valence-electron chi connectivity index (χ0n) is 11.5. The van der Waals surface area contributed by atoms with Crippen LogP contribution in [0.5, 0.6) is 5.88 Å². The van der Waals surface area contributed by atoms with Crippen molar-refractivity contribution in [3.05, 3.63) is 39.5 Å². The Kier molecular flexibility index (Phi) is 5.77. The highest BCUT2D eigenvalue weighted by atomic mass is 127. The number of pyridine rings is 1. The van der Waals surface area contributed by atoms with Gasteiger partial charge < -0.3 is 15.2 Å². The molecule has 0 radical (unpaired) electrons. The summed E-state index contributed by atoms with van der Waals surface area (Å²) in [6.45, 7) is -1.11. The van der Waals surface area contributed by atoms with Crippen molar-refractivity contribution in [2.24, 2.45) is 0 Å². The van der Waals surface area contributed by atoms with Gasteiger partial charge in [0.15, 0.2) is 0 Å². The fourth-order valence-electron chi connectivity index (χ4n) is 1.80. The van der Waals surface area contributed by atoms with Crippen LogP contribution >= 0.6 is 22.6 Å². The van der Waals surface area contributed by atoms with Crippen LogP contribution in [0.4, 0.5) is 14.6 Å². The van der Waals surface area contributed by atoms with Crippen LogP contribution in [0, 0.1) is 10.6 Å². The molecule has 0 saturated heterocycles. The molecule has 2 aromatic heterocycles. The number of rotatable bonds is 6. The molecule has 2 heterocycles. The molecular formula is C13H13F2IN4O2. The molecule has 2 rings (SSSR count). The van der Waals surface area contributed by atoms with Crippen LogP contribution in [0.2, 0.25) is 0 Å². The quantitative estimate of drug-likeness (QED) is 0.551. The third-order valence-corrected chi connectivity index (χ3v) is 3.37. The van der Waals surface area contributed by atoms with Gasteiger partial charge in [0.2, 0.25) is 5.88 Å². The van der Waals surface area contributed by atoms with E-state index in [1.165, 1.54) is 18.5 Å². The van der Waals surface area contributed by atoms with Gasteiger partial charge in [-0.2, -0.15) is 8.78 Å². The molecule has 1 atom stereocenters. The van der Waals surface area contributed by atoms with E-state index in [2.05, 4.69) is 47.6 Å². The van der Waals surface area contributed by atoms with Crippen LogP contribution in [-0.2, 0) is 0 Å². The van der Waals surface area contributed by atoms with Crippen molar-refractivity contribution in [1.29, 1.82) is 0 Å². The van der Waals surface area contributed by atoms with Gasteiger partial charge in [0.25, 0.3) is 0 Å². The van der Waals surface area contributed by atoms with Crippen molar-refractivity contribution < 1.29 is 18.6 Å². The zero-order chi connectivity index (χ0) is 16.1. The van der Waals surface area contributed by atoms with E-state index in [9.17, 15) is 13.9 Å². The van der Waals surface area contributed by atoms with Crippen LogP contribution in [0.1, 0.15) is 17.4 Å². The van der Waals surface area contributed by atoms with Gasteiger partial charge in [-0.25, -0.2) is 15.0 Å². The summed E-state index contributed by atoms with van der Waals surface area (Å²) in [5, 5.41) is 13.1. The predicted octanol–water partition coefficient (Wildman–Crippen LogP) is 2.53. The number of halogens is 3. The molecule has 9 heteroatoms. The number of alkyl halides is 2. The van der Waals surface area contributed by atoms with Crippen LogP contribution in [0.3, 0.4) is 0 Å². The Bertz CT molecular complexity index is 645. The first-order chi connectivity index (χ1) is 10.5. The molecule has 2 N–H and O–H groups in total. The van der Waals surface area contributed by atoms with Gasteiger partial charge in [-0.3, -0.25) is 0 Å². The standard InChI is InChI=1S/C13H13F2IN4O2/c1-7-8(2-3-12(20-7)22-13(14)15)9(21)5-17-11-4-10(16)18-6-19-11/h2-4,6,9,13,21H,5H2,1H3,(H,17,18,19). The Hall–Kier alpha value is -1.62. The van der Waals surface area contributed by atoms with E-state index >= 15 is 0 Å². The van der Waals surface area contributed by atoms with Gasteiger partial charge >= 0.3 is 6.61 Å². The third kappa shape index (κ3) is 4.70. The van der Waals surface area contributed by atoms with Crippen molar-refractivity contribution in [2.45, 2.75) is 19.6 Å². The molecule has 6 nitrogen and oxygen atoms in total. The lowest BCUT2D eigenvalue weighted by Gasteiger charge is -2.15. The van der Waals surface area contributed by atoms with E-state index in [1.807, 2.05) is 0 Å². The Labute approximate surface area is 139 Å². The summed E-state index contributed by atoms with van der Waals surface area (Å²) in [6, 6.07) is 4.54. The molecule has 0 aromatic carbocycles. The monoisotopic (exact) mass is 422 g/mol. The Morgan fingerprint density at radius 1 is 1.36 bits per heavy atom. The summed E-state index contributed by atoms with van der Waals surface area (Å²) in [7, 11) is 0. The molecule has 1 unspecified atom stereocenters. The Morgan fingerprint density at radius 2 is 2.14 bits per heavy atom. The molecular weight excluding hydrogens is 409 g/mol. The lowest BCUT2D eigenvalue weighted by molar-refractivity contribution is -0.0529. The van der Waals surface area contributed by atoms with Crippen molar-refractivity contribution in [2.75, 3.05) is 11.9 Å². The largest absolute Gasteiger partial charge is 0.417 e. The van der Waals surface area contributed by atoms with Crippen LogP contribution in [-0.4, -0.2) is 33.2 Å². The van der Waals surface area contributed by atoms with Gasteiger partial charge in [-0.05, 0) is 35.6 Å². The third-order valence-electron chi connectivity index (χ3n) is 2.78. The molecule has 0 aliphatic carbocycles. The molecule has 2 aromatic rings. The predicted molar refractivity (Wildman–Crippen MR) is 83.8 cm³/mol. The van der Waals surface area contributed by atoms with Crippen molar-refractivity contribution in [3.8, 4) is 5.88 Å². The minimum atomic E-state index is -2.93. The minimum absolute atomic E-state index is 0.179. The molecule has 0 bridgehead atoms. The number of aliphatic hydroxyl groups excluding tert-OH is 1. The summed E-state index contributed by atoms with van der Waals surface area (Å²) in [5.41, 5.74) is 0.947. The normalized spacial score (nSPS) is 12.3. The molecule has 0 fully saturated rings. The Morgan fingerprint density at radius 3 is 2.77 bits per heavy atom. The first-order valence-corrected chi connectivity index (χ1v) is 7.35. The molecule has 0 amide bonds.